The minimum Gasteiger partial charge on any atom is -0.374 e. The van der Waals surface area contributed by atoms with Crippen molar-refractivity contribution >= 4 is 0 Å². The molecule has 14 heavy (non-hydrogen) atoms. The van der Waals surface area contributed by atoms with Gasteiger partial charge in [0.25, 0.3) is 0 Å². The molecule has 0 bridgehead atoms. The fourth-order valence-corrected chi connectivity index (χ4v) is 1.99. The summed E-state index contributed by atoms with van der Waals surface area (Å²) in [6.07, 6.45) is 6.42. The lowest BCUT2D eigenvalue weighted by Crippen LogP contribution is -2.33. The molecule has 0 saturated heterocycles. The van der Waals surface area contributed by atoms with Crippen LogP contribution in [0.1, 0.15) is 39.0 Å². The minimum absolute atomic E-state index is 0.386. The van der Waals surface area contributed by atoms with Crippen LogP contribution in [0.4, 0.5) is 0 Å². The summed E-state index contributed by atoms with van der Waals surface area (Å²) in [6, 6.07) is 0. The van der Waals surface area contributed by atoms with Gasteiger partial charge in [0.15, 0.2) is 0 Å². The maximum absolute atomic E-state index is 5.86. The molecule has 1 rings (SSSR count). The van der Waals surface area contributed by atoms with Crippen LogP contribution in [-0.2, 0) is 4.74 Å². The fourth-order valence-electron chi connectivity index (χ4n) is 1.99. The van der Waals surface area contributed by atoms with E-state index in [4.69, 9.17) is 10.5 Å². The monoisotopic (exact) mass is 197 g/mol. The summed E-state index contributed by atoms with van der Waals surface area (Å²) in [7, 11) is 0. The third kappa shape index (κ3) is 3.43. The molecular formula is C12H23NO. The average Bonchev–Trinajstić information content (AvgIpc) is 2.26. The van der Waals surface area contributed by atoms with Crippen LogP contribution in [0.2, 0.25) is 0 Å². The molecule has 0 amide bonds. The van der Waals surface area contributed by atoms with E-state index in [0.29, 0.717) is 12.0 Å². The molecule has 2 unspecified atom stereocenters. The van der Waals surface area contributed by atoms with Crippen molar-refractivity contribution in [1.82, 2.24) is 0 Å². The number of nitrogens with two attached hydrogens (primary N) is 1. The zero-order chi connectivity index (χ0) is 10.4. The van der Waals surface area contributed by atoms with Crippen LogP contribution < -0.4 is 5.73 Å². The maximum atomic E-state index is 5.86. The van der Waals surface area contributed by atoms with Gasteiger partial charge in [-0.25, -0.2) is 0 Å². The first kappa shape index (κ1) is 11.7. The first-order valence-electron chi connectivity index (χ1n) is 5.76. The van der Waals surface area contributed by atoms with E-state index in [-0.39, 0.29) is 0 Å². The van der Waals surface area contributed by atoms with Crippen molar-refractivity contribution in [3.63, 3.8) is 0 Å². The second-order valence-corrected chi connectivity index (χ2v) is 4.23. The summed E-state index contributed by atoms with van der Waals surface area (Å²) >= 11 is 0. The summed E-state index contributed by atoms with van der Waals surface area (Å²) in [5, 5.41) is 0. The van der Waals surface area contributed by atoms with Crippen molar-refractivity contribution in [1.29, 1.82) is 0 Å². The van der Waals surface area contributed by atoms with Crippen LogP contribution in [0.5, 0.6) is 0 Å². The second-order valence-electron chi connectivity index (χ2n) is 4.23. The summed E-state index contributed by atoms with van der Waals surface area (Å²) in [6.45, 7) is 7.56. The Morgan fingerprint density at radius 3 is 2.79 bits per heavy atom. The smallest absolute Gasteiger partial charge is 0.0677 e. The highest BCUT2D eigenvalue weighted by atomic mass is 16.5. The van der Waals surface area contributed by atoms with Crippen LogP contribution in [0, 0.1) is 5.92 Å². The van der Waals surface area contributed by atoms with E-state index in [9.17, 15) is 0 Å². The predicted molar refractivity (Wildman–Crippen MR) is 60.2 cm³/mol. The Labute approximate surface area is 87.5 Å². The van der Waals surface area contributed by atoms with Crippen LogP contribution >= 0.6 is 0 Å². The van der Waals surface area contributed by atoms with Gasteiger partial charge in [-0.2, -0.15) is 0 Å². The maximum Gasteiger partial charge on any atom is 0.0677 e. The zero-order valence-electron chi connectivity index (χ0n) is 9.30. The van der Waals surface area contributed by atoms with Gasteiger partial charge in [0.05, 0.1) is 12.7 Å². The summed E-state index contributed by atoms with van der Waals surface area (Å²) in [5.41, 5.74) is 6.92. The van der Waals surface area contributed by atoms with Gasteiger partial charge in [0.1, 0.15) is 0 Å². The Hall–Kier alpha value is -0.340. The third-order valence-electron chi connectivity index (χ3n) is 3.14. The van der Waals surface area contributed by atoms with E-state index >= 15 is 0 Å². The Bertz CT molecular complexity index is 179. The molecule has 1 aliphatic rings. The molecule has 2 N–H and O–H groups in total. The quantitative estimate of drug-likeness (QED) is 0.687. The van der Waals surface area contributed by atoms with Crippen LogP contribution in [0.15, 0.2) is 12.2 Å². The molecule has 0 aromatic carbocycles. The van der Waals surface area contributed by atoms with E-state index in [2.05, 4.69) is 13.5 Å². The van der Waals surface area contributed by atoms with Crippen molar-refractivity contribution in [2.75, 3.05) is 13.2 Å². The summed E-state index contributed by atoms with van der Waals surface area (Å²) in [5.74, 6) is 0.577. The lowest BCUT2D eigenvalue weighted by Gasteiger charge is -2.30. The molecule has 82 valence electrons. The van der Waals surface area contributed by atoms with Crippen molar-refractivity contribution in [3.8, 4) is 0 Å². The van der Waals surface area contributed by atoms with Crippen LogP contribution in [-0.4, -0.2) is 19.3 Å². The van der Waals surface area contributed by atoms with Crippen LogP contribution in [0.25, 0.3) is 0 Å². The van der Waals surface area contributed by atoms with Gasteiger partial charge in [-0.1, -0.05) is 31.9 Å². The number of ether oxygens (including phenoxy) is 1. The van der Waals surface area contributed by atoms with Crippen molar-refractivity contribution in [3.05, 3.63) is 12.2 Å². The van der Waals surface area contributed by atoms with Gasteiger partial charge in [0.2, 0.25) is 0 Å². The molecule has 0 aromatic heterocycles. The van der Waals surface area contributed by atoms with E-state index in [1.54, 1.807) is 0 Å². The Kier molecular flexibility index (Phi) is 5.20. The lowest BCUT2D eigenvalue weighted by atomic mass is 9.86. The standard InChI is InChI=1S/C12H23NO/c1-3-10(2)9-14-12-7-5-4-6-11(12)8-13/h11-12H,2-9,13H2,1H3. The van der Waals surface area contributed by atoms with Gasteiger partial charge >= 0.3 is 0 Å². The van der Waals surface area contributed by atoms with Crippen molar-refractivity contribution in [2.24, 2.45) is 11.7 Å². The second kappa shape index (κ2) is 6.20. The highest BCUT2D eigenvalue weighted by Gasteiger charge is 2.24. The van der Waals surface area contributed by atoms with E-state index < -0.39 is 0 Å². The van der Waals surface area contributed by atoms with E-state index in [1.165, 1.54) is 31.3 Å². The molecule has 2 nitrogen and oxygen atoms in total. The molecule has 0 aromatic rings. The minimum atomic E-state index is 0.386. The normalized spacial score (nSPS) is 27.6. The first-order valence-corrected chi connectivity index (χ1v) is 5.76. The fraction of sp³-hybridized carbons (Fsp3) is 0.833. The van der Waals surface area contributed by atoms with Gasteiger partial charge in [-0.15, -0.1) is 0 Å². The SMILES string of the molecule is C=C(CC)COC1CCCCC1CN. The van der Waals surface area contributed by atoms with Gasteiger partial charge in [-0.05, 0) is 31.7 Å². The highest BCUT2D eigenvalue weighted by Crippen LogP contribution is 2.26. The molecule has 2 heteroatoms. The lowest BCUT2D eigenvalue weighted by molar-refractivity contribution is 0.00328. The summed E-state index contributed by atoms with van der Waals surface area (Å²) in [4.78, 5) is 0. The van der Waals surface area contributed by atoms with Gasteiger partial charge in [0, 0.05) is 0 Å². The molecule has 0 radical (unpaired) electrons. The largest absolute Gasteiger partial charge is 0.374 e. The molecule has 1 fully saturated rings. The number of rotatable bonds is 5. The molecule has 2 atom stereocenters. The Morgan fingerprint density at radius 2 is 2.14 bits per heavy atom. The number of hydrogen-bond donors (Lipinski definition) is 1. The number of hydrogen-bond acceptors (Lipinski definition) is 2. The van der Waals surface area contributed by atoms with Gasteiger partial charge < -0.3 is 10.5 Å². The van der Waals surface area contributed by atoms with Crippen molar-refractivity contribution in [2.45, 2.75) is 45.1 Å². The average molecular weight is 197 g/mol. The van der Waals surface area contributed by atoms with Crippen molar-refractivity contribution < 1.29 is 4.74 Å². The zero-order valence-corrected chi connectivity index (χ0v) is 9.30. The topological polar surface area (TPSA) is 35.2 Å². The predicted octanol–water partition coefficient (Wildman–Crippen LogP) is 2.49. The first-order chi connectivity index (χ1) is 6.77. The highest BCUT2D eigenvalue weighted by molar-refractivity contribution is 4.93. The molecule has 0 heterocycles. The third-order valence-corrected chi connectivity index (χ3v) is 3.14. The van der Waals surface area contributed by atoms with E-state index in [1.807, 2.05) is 0 Å². The molecule has 0 aliphatic heterocycles. The van der Waals surface area contributed by atoms with Crippen LogP contribution in [0.3, 0.4) is 0 Å². The van der Waals surface area contributed by atoms with E-state index in [0.717, 1.165) is 19.6 Å². The molecular weight excluding hydrogens is 174 g/mol. The molecule has 0 spiro atoms. The molecule has 1 aliphatic carbocycles. The van der Waals surface area contributed by atoms with Gasteiger partial charge in [-0.3, -0.25) is 0 Å². The Morgan fingerprint density at radius 1 is 1.43 bits per heavy atom. The summed E-state index contributed by atoms with van der Waals surface area (Å²) < 4.78 is 5.86. The molecule has 1 saturated carbocycles. The Balaban J connectivity index is 2.29.